The second kappa shape index (κ2) is 5.86. The molecule has 2 fully saturated rings. The lowest BCUT2D eigenvalue weighted by molar-refractivity contribution is -0.134. The molecule has 1 saturated carbocycles. The van der Waals surface area contributed by atoms with Crippen molar-refractivity contribution in [2.75, 3.05) is 0 Å². The minimum atomic E-state index is -0.00349. The van der Waals surface area contributed by atoms with Gasteiger partial charge < -0.3 is 4.90 Å². The summed E-state index contributed by atoms with van der Waals surface area (Å²) in [7, 11) is 0. The zero-order chi connectivity index (χ0) is 14.1. The predicted molar refractivity (Wildman–Crippen MR) is 82.5 cm³/mol. The smallest absolute Gasteiger partial charge is 0.241 e. The molecule has 0 bridgehead atoms. The highest BCUT2D eigenvalue weighted by atomic mass is 32.1. The van der Waals surface area contributed by atoms with Gasteiger partial charge in [-0.15, -0.1) is 11.3 Å². The highest BCUT2D eigenvalue weighted by Crippen LogP contribution is 2.37. The van der Waals surface area contributed by atoms with E-state index in [1.807, 2.05) is 0 Å². The fraction of sp³-hybridized carbons (Fsp3) is 0.688. The van der Waals surface area contributed by atoms with Crippen LogP contribution in [0.25, 0.3) is 0 Å². The summed E-state index contributed by atoms with van der Waals surface area (Å²) >= 11 is 1.75. The maximum atomic E-state index is 12.8. The van der Waals surface area contributed by atoms with Crippen LogP contribution in [-0.2, 0) is 4.79 Å². The van der Waals surface area contributed by atoms with Gasteiger partial charge in [0.2, 0.25) is 5.91 Å². The molecule has 1 aliphatic carbocycles. The first-order chi connectivity index (χ1) is 9.72. The third-order valence-corrected chi connectivity index (χ3v) is 5.76. The van der Waals surface area contributed by atoms with Crippen LogP contribution >= 0.6 is 11.3 Å². The molecule has 4 atom stereocenters. The lowest BCUT2D eigenvalue weighted by Crippen LogP contribution is -2.45. The minimum Gasteiger partial charge on any atom is -0.317 e. The number of nitrogens with one attached hydrogen (secondary N) is 1. The van der Waals surface area contributed by atoms with Gasteiger partial charge in [-0.3, -0.25) is 10.1 Å². The highest BCUT2D eigenvalue weighted by Gasteiger charge is 2.44. The van der Waals surface area contributed by atoms with E-state index in [9.17, 15) is 4.79 Å². The molecule has 3 nitrogen and oxygen atoms in total. The zero-order valence-corrected chi connectivity index (χ0v) is 13.2. The van der Waals surface area contributed by atoms with Crippen LogP contribution in [0.15, 0.2) is 17.5 Å². The largest absolute Gasteiger partial charge is 0.317 e. The molecule has 4 heteroatoms. The van der Waals surface area contributed by atoms with E-state index in [1.165, 1.54) is 24.1 Å². The second-order valence-electron chi connectivity index (χ2n) is 6.12. The fourth-order valence-electron chi connectivity index (χ4n) is 3.67. The Morgan fingerprint density at radius 1 is 1.40 bits per heavy atom. The van der Waals surface area contributed by atoms with Gasteiger partial charge in [0, 0.05) is 10.9 Å². The van der Waals surface area contributed by atoms with E-state index < -0.39 is 0 Å². The van der Waals surface area contributed by atoms with E-state index in [0.29, 0.717) is 17.9 Å². The van der Waals surface area contributed by atoms with Crippen LogP contribution in [-0.4, -0.2) is 22.9 Å². The van der Waals surface area contributed by atoms with Gasteiger partial charge in [0.05, 0.1) is 6.04 Å². The van der Waals surface area contributed by atoms with Crippen LogP contribution in [0.2, 0.25) is 0 Å². The molecule has 1 aromatic rings. The zero-order valence-electron chi connectivity index (χ0n) is 12.3. The van der Waals surface area contributed by atoms with E-state index in [0.717, 1.165) is 12.8 Å². The Balaban J connectivity index is 1.89. The fourth-order valence-corrected chi connectivity index (χ4v) is 4.45. The van der Waals surface area contributed by atoms with Crippen LogP contribution in [0, 0.1) is 5.92 Å². The Hall–Kier alpha value is -0.870. The van der Waals surface area contributed by atoms with E-state index in [2.05, 4.69) is 41.6 Å². The standard InChI is InChI=1S/C16H24N2OS/c1-3-12-16(19)18(13-8-5-4-7-11(13)2)15(17-12)14-9-6-10-20-14/h6,9-13,15,17H,3-5,7-8H2,1-2H3. The summed E-state index contributed by atoms with van der Waals surface area (Å²) in [6.07, 6.45) is 5.95. The molecule has 20 heavy (non-hydrogen) atoms. The Kier molecular flexibility index (Phi) is 4.13. The van der Waals surface area contributed by atoms with E-state index in [4.69, 9.17) is 0 Å². The van der Waals surface area contributed by atoms with Gasteiger partial charge in [-0.1, -0.05) is 32.8 Å². The molecular formula is C16H24N2OS. The quantitative estimate of drug-likeness (QED) is 0.924. The van der Waals surface area contributed by atoms with Crippen LogP contribution in [0.4, 0.5) is 0 Å². The Morgan fingerprint density at radius 2 is 2.20 bits per heavy atom. The molecule has 1 aliphatic heterocycles. The maximum absolute atomic E-state index is 12.8. The van der Waals surface area contributed by atoms with Gasteiger partial charge in [0.15, 0.2) is 0 Å². The molecule has 0 aromatic carbocycles. The number of thiophene rings is 1. The van der Waals surface area contributed by atoms with Crippen molar-refractivity contribution in [3.05, 3.63) is 22.4 Å². The first-order valence-corrected chi connectivity index (χ1v) is 8.72. The van der Waals surface area contributed by atoms with Gasteiger partial charge in [-0.05, 0) is 36.6 Å². The van der Waals surface area contributed by atoms with Gasteiger partial charge in [0.25, 0.3) is 0 Å². The molecule has 1 aromatic heterocycles. The van der Waals surface area contributed by atoms with Crippen molar-refractivity contribution in [3.63, 3.8) is 0 Å². The molecule has 3 rings (SSSR count). The summed E-state index contributed by atoms with van der Waals surface area (Å²) in [5, 5.41) is 5.65. The Morgan fingerprint density at radius 3 is 2.85 bits per heavy atom. The number of hydrogen-bond acceptors (Lipinski definition) is 3. The summed E-state index contributed by atoms with van der Waals surface area (Å²) in [6, 6.07) is 4.63. The molecule has 2 aliphatic rings. The molecule has 4 unspecified atom stereocenters. The third-order valence-electron chi connectivity index (χ3n) is 4.83. The van der Waals surface area contributed by atoms with Crippen LogP contribution < -0.4 is 5.32 Å². The van der Waals surface area contributed by atoms with Crippen molar-refractivity contribution in [2.45, 2.75) is 64.2 Å². The molecule has 1 saturated heterocycles. The van der Waals surface area contributed by atoms with Crippen molar-refractivity contribution in [2.24, 2.45) is 5.92 Å². The molecule has 1 amide bonds. The van der Waals surface area contributed by atoms with Crippen molar-refractivity contribution >= 4 is 17.2 Å². The predicted octanol–water partition coefficient (Wildman–Crippen LogP) is 3.54. The average molecular weight is 292 g/mol. The first-order valence-electron chi connectivity index (χ1n) is 7.84. The summed E-state index contributed by atoms with van der Waals surface area (Å²) in [5.41, 5.74) is 0. The number of amides is 1. The lowest BCUT2D eigenvalue weighted by atomic mass is 9.84. The normalized spacial score (nSPS) is 34.7. The topological polar surface area (TPSA) is 32.3 Å². The lowest BCUT2D eigenvalue weighted by Gasteiger charge is -2.39. The van der Waals surface area contributed by atoms with Crippen LogP contribution in [0.3, 0.4) is 0 Å². The van der Waals surface area contributed by atoms with Crippen molar-refractivity contribution < 1.29 is 4.79 Å². The number of rotatable bonds is 3. The Bertz CT molecular complexity index is 459. The number of nitrogens with zero attached hydrogens (tertiary/aromatic N) is 1. The van der Waals surface area contributed by atoms with Crippen molar-refractivity contribution in [1.82, 2.24) is 10.2 Å². The van der Waals surface area contributed by atoms with Gasteiger partial charge in [0.1, 0.15) is 6.17 Å². The Labute approximate surface area is 125 Å². The molecule has 0 spiro atoms. The van der Waals surface area contributed by atoms with Gasteiger partial charge >= 0.3 is 0 Å². The molecular weight excluding hydrogens is 268 g/mol. The number of hydrogen-bond donors (Lipinski definition) is 1. The van der Waals surface area contributed by atoms with Crippen molar-refractivity contribution in [3.8, 4) is 0 Å². The number of carbonyl (C=O) groups is 1. The third kappa shape index (κ3) is 2.40. The minimum absolute atomic E-state index is 0.00349. The highest BCUT2D eigenvalue weighted by molar-refractivity contribution is 7.10. The monoisotopic (exact) mass is 292 g/mol. The molecule has 1 N–H and O–H groups in total. The average Bonchev–Trinajstić information content (AvgIpc) is 3.07. The van der Waals surface area contributed by atoms with Gasteiger partial charge in [-0.25, -0.2) is 0 Å². The van der Waals surface area contributed by atoms with E-state index in [-0.39, 0.29) is 12.2 Å². The molecule has 2 heterocycles. The molecule has 0 radical (unpaired) electrons. The van der Waals surface area contributed by atoms with E-state index in [1.54, 1.807) is 11.3 Å². The first kappa shape index (κ1) is 14.1. The number of carbonyl (C=O) groups excluding carboxylic acids is 1. The summed E-state index contributed by atoms with van der Waals surface area (Å²) in [5.74, 6) is 0.928. The maximum Gasteiger partial charge on any atom is 0.241 e. The SMILES string of the molecule is CCC1NC(c2cccs2)N(C2CCCCC2C)C1=O. The van der Waals surface area contributed by atoms with Gasteiger partial charge in [-0.2, -0.15) is 0 Å². The van der Waals surface area contributed by atoms with Crippen LogP contribution in [0.5, 0.6) is 0 Å². The molecule has 110 valence electrons. The van der Waals surface area contributed by atoms with Crippen LogP contribution in [0.1, 0.15) is 57.0 Å². The van der Waals surface area contributed by atoms with Crippen molar-refractivity contribution in [1.29, 1.82) is 0 Å². The second-order valence-corrected chi connectivity index (χ2v) is 7.10. The van der Waals surface area contributed by atoms with E-state index >= 15 is 0 Å². The summed E-state index contributed by atoms with van der Waals surface area (Å²) in [6.45, 7) is 4.40. The summed E-state index contributed by atoms with van der Waals surface area (Å²) in [4.78, 5) is 16.2. The summed E-state index contributed by atoms with van der Waals surface area (Å²) < 4.78 is 0.